The van der Waals surface area contributed by atoms with Gasteiger partial charge in [-0.2, -0.15) is 0 Å². The van der Waals surface area contributed by atoms with Crippen molar-refractivity contribution in [3.8, 4) is 5.75 Å². The van der Waals surface area contributed by atoms with Crippen LogP contribution in [0.25, 0.3) is 0 Å². The molecule has 7 nitrogen and oxygen atoms in total. The number of hydrogen-bond acceptors (Lipinski definition) is 4. The molecule has 24 heavy (non-hydrogen) atoms. The highest BCUT2D eigenvalue weighted by atomic mass is 16.5. The average Bonchev–Trinajstić information content (AvgIpc) is 3.08. The summed E-state index contributed by atoms with van der Waals surface area (Å²) in [6, 6.07) is 5.79. The summed E-state index contributed by atoms with van der Waals surface area (Å²) in [5.41, 5.74) is 2.80. The summed E-state index contributed by atoms with van der Waals surface area (Å²) < 4.78 is 5.77. The van der Waals surface area contributed by atoms with E-state index >= 15 is 0 Å². The van der Waals surface area contributed by atoms with E-state index in [4.69, 9.17) is 4.74 Å². The Morgan fingerprint density at radius 1 is 1.50 bits per heavy atom. The van der Waals surface area contributed by atoms with Crippen LogP contribution in [0.3, 0.4) is 0 Å². The van der Waals surface area contributed by atoms with E-state index < -0.39 is 0 Å². The molecule has 1 aromatic heterocycles. The van der Waals surface area contributed by atoms with Crippen molar-refractivity contribution >= 4 is 17.4 Å². The van der Waals surface area contributed by atoms with Gasteiger partial charge in [-0.3, -0.25) is 4.90 Å². The molecule has 0 fully saturated rings. The first-order valence-electron chi connectivity index (χ1n) is 8.10. The molecule has 2 aromatic rings. The van der Waals surface area contributed by atoms with Gasteiger partial charge in [-0.05, 0) is 32.0 Å². The molecular formula is C17H23N5O2. The number of carbonyl (C=O) groups excluding carboxylic acids is 1. The van der Waals surface area contributed by atoms with Crippen molar-refractivity contribution in [3.63, 3.8) is 0 Å². The summed E-state index contributed by atoms with van der Waals surface area (Å²) in [5.74, 6) is 0.834. The zero-order valence-electron chi connectivity index (χ0n) is 14.2. The van der Waals surface area contributed by atoms with Gasteiger partial charge in [-0.1, -0.05) is 0 Å². The Labute approximate surface area is 141 Å². The third-order valence-electron chi connectivity index (χ3n) is 4.04. The fourth-order valence-corrected chi connectivity index (χ4v) is 2.92. The van der Waals surface area contributed by atoms with Gasteiger partial charge < -0.3 is 19.9 Å². The number of anilines is 2. The second-order valence-corrected chi connectivity index (χ2v) is 6.00. The number of amides is 2. The number of rotatable bonds is 4. The van der Waals surface area contributed by atoms with Gasteiger partial charge in [0.15, 0.2) is 0 Å². The van der Waals surface area contributed by atoms with E-state index in [9.17, 15) is 4.79 Å². The second-order valence-electron chi connectivity index (χ2n) is 6.00. The third kappa shape index (κ3) is 3.15. The van der Waals surface area contributed by atoms with Crippen molar-refractivity contribution in [3.05, 3.63) is 36.4 Å². The van der Waals surface area contributed by atoms with E-state index in [-0.39, 0.29) is 12.1 Å². The van der Waals surface area contributed by atoms with Crippen LogP contribution in [-0.4, -0.2) is 42.2 Å². The summed E-state index contributed by atoms with van der Waals surface area (Å²) in [6.07, 6.45) is 3.57. The van der Waals surface area contributed by atoms with Gasteiger partial charge >= 0.3 is 6.03 Å². The smallest absolute Gasteiger partial charge is 0.321 e. The van der Waals surface area contributed by atoms with Gasteiger partial charge in [0.25, 0.3) is 0 Å². The predicted octanol–water partition coefficient (Wildman–Crippen LogP) is 2.36. The molecule has 7 heteroatoms. The quantitative estimate of drug-likeness (QED) is 0.903. The van der Waals surface area contributed by atoms with E-state index in [1.54, 1.807) is 18.3 Å². The Balaban J connectivity index is 1.93. The monoisotopic (exact) mass is 329 g/mol. The maximum atomic E-state index is 12.2. The van der Waals surface area contributed by atoms with Crippen LogP contribution < -0.4 is 19.9 Å². The summed E-state index contributed by atoms with van der Waals surface area (Å²) in [6.45, 7) is 6.11. The van der Waals surface area contributed by atoms with Gasteiger partial charge in [0.05, 0.1) is 30.8 Å². The minimum Gasteiger partial charge on any atom is -0.490 e. The molecule has 0 saturated heterocycles. The lowest BCUT2D eigenvalue weighted by Crippen LogP contribution is -2.43. The number of carbonyl (C=O) groups is 1. The fourth-order valence-electron chi connectivity index (χ4n) is 2.92. The minimum absolute atomic E-state index is 0.0484. The predicted molar refractivity (Wildman–Crippen MR) is 93.6 cm³/mol. The number of aromatic amines is 1. The zero-order valence-corrected chi connectivity index (χ0v) is 14.2. The Bertz CT molecular complexity index is 699. The van der Waals surface area contributed by atoms with Crippen LogP contribution in [-0.2, 0) is 6.54 Å². The first-order chi connectivity index (χ1) is 11.6. The summed E-state index contributed by atoms with van der Waals surface area (Å²) in [7, 11) is 1.64. The average molecular weight is 329 g/mol. The van der Waals surface area contributed by atoms with Gasteiger partial charge in [-0.25, -0.2) is 9.78 Å². The molecule has 0 saturated carbocycles. The largest absolute Gasteiger partial charge is 0.490 e. The van der Waals surface area contributed by atoms with Crippen molar-refractivity contribution in [2.75, 3.05) is 30.0 Å². The molecule has 0 aliphatic carbocycles. The van der Waals surface area contributed by atoms with Gasteiger partial charge in [0.1, 0.15) is 12.4 Å². The van der Waals surface area contributed by atoms with Crippen LogP contribution in [0.5, 0.6) is 5.75 Å². The van der Waals surface area contributed by atoms with Gasteiger partial charge in [0.2, 0.25) is 0 Å². The molecule has 1 aliphatic rings. The SMILES string of the molecule is CNC(=O)N(c1ccc2c(c1)N(Cc1c[nH]cn1)CCO2)C(C)C. The zero-order chi connectivity index (χ0) is 17.1. The van der Waals surface area contributed by atoms with E-state index in [0.29, 0.717) is 13.2 Å². The van der Waals surface area contributed by atoms with Crippen LogP contribution in [0.2, 0.25) is 0 Å². The number of imidazole rings is 1. The van der Waals surface area contributed by atoms with Crippen LogP contribution >= 0.6 is 0 Å². The molecule has 1 aromatic carbocycles. The van der Waals surface area contributed by atoms with Crippen LogP contribution in [0, 0.1) is 0 Å². The number of hydrogen-bond donors (Lipinski definition) is 2. The van der Waals surface area contributed by atoms with E-state index in [2.05, 4.69) is 20.2 Å². The first-order valence-corrected chi connectivity index (χ1v) is 8.10. The molecular weight excluding hydrogens is 306 g/mol. The number of fused-ring (bicyclic) bond motifs is 1. The Morgan fingerprint density at radius 3 is 3.00 bits per heavy atom. The van der Waals surface area contributed by atoms with Gasteiger partial charge in [0, 0.05) is 25.0 Å². The first kappa shape index (κ1) is 16.2. The van der Waals surface area contributed by atoms with Crippen molar-refractivity contribution in [1.29, 1.82) is 0 Å². The van der Waals surface area contributed by atoms with Crippen molar-refractivity contribution < 1.29 is 9.53 Å². The summed E-state index contributed by atoms with van der Waals surface area (Å²) >= 11 is 0. The van der Waals surface area contributed by atoms with Crippen LogP contribution in [0.15, 0.2) is 30.7 Å². The lowest BCUT2D eigenvalue weighted by atomic mass is 10.1. The number of aromatic nitrogens is 2. The molecule has 0 bridgehead atoms. The number of ether oxygens (including phenoxy) is 1. The molecule has 0 atom stereocenters. The maximum Gasteiger partial charge on any atom is 0.321 e. The lowest BCUT2D eigenvalue weighted by molar-refractivity contribution is 0.246. The minimum atomic E-state index is -0.125. The Hall–Kier alpha value is -2.70. The van der Waals surface area contributed by atoms with Gasteiger partial charge in [-0.15, -0.1) is 0 Å². The topological polar surface area (TPSA) is 73.5 Å². The summed E-state index contributed by atoms with van der Waals surface area (Å²) in [5, 5.41) is 2.70. The molecule has 128 valence electrons. The highest BCUT2D eigenvalue weighted by Crippen LogP contribution is 2.36. The highest BCUT2D eigenvalue weighted by molar-refractivity contribution is 5.93. The van der Waals surface area contributed by atoms with Crippen LogP contribution in [0.4, 0.5) is 16.2 Å². The van der Waals surface area contributed by atoms with Crippen molar-refractivity contribution in [2.45, 2.75) is 26.4 Å². The van der Waals surface area contributed by atoms with E-state index in [1.807, 2.05) is 38.2 Å². The molecule has 1 aliphatic heterocycles. The molecule has 2 heterocycles. The van der Waals surface area contributed by atoms with Crippen molar-refractivity contribution in [2.24, 2.45) is 0 Å². The molecule has 0 unspecified atom stereocenters. The third-order valence-corrected chi connectivity index (χ3v) is 4.04. The number of nitrogens with one attached hydrogen (secondary N) is 2. The van der Waals surface area contributed by atoms with E-state index in [1.165, 1.54) is 0 Å². The molecule has 3 rings (SSSR count). The number of benzene rings is 1. The van der Waals surface area contributed by atoms with E-state index in [0.717, 1.165) is 29.4 Å². The summed E-state index contributed by atoms with van der Waals surface area (Å²) in [4.78, 5) is 23.5. The molecule has 0 radical (unpaired) electrons. The molecule has 2 N–H and O–H groups in total. The molecule has 2 amide bonds. The Kier molecular flexibility index (Phi) is 4.59. The molecule has 0 spiro atoms. The normalized spacial score (nSPS) is 13.4. The maximum absolute atomic E-state index is 12.2. The number of urea groups is 1. The lowest BCUT2D eigenvalue weighted by Gasteiger charge is -2.33. The van der Waals surface area contributed by atoms with Crippen LogP contribution in [0.1, 0.15) is 19.5 Å². The number of H-pyrrole nitrogens is 1. The highest BCUT2D eigenvalue weighted by Gasteiger charge is 2.23. The number of nitrogens with zero attached hydrogens (tertiary/aromatic N) is 3. The fraction of sp³-hybridized carbons (Fsp3) is 0.412. The Morgan fingerprint density at radius 2 is 2.33 bits per heavy atom. The van der Waals surface area contributed by atoms with Crippen molar-refractivity contribution in [1.82, 2.24) is 15.3 Å². The second kappa shape index (κ2) is 6.82. The standard InChI is InChI=1S/C17H23N5O2/c1-12(2)22(17(23)18-3)14-4-5-16-15(8-14)21(6-7-24-16)10-13-9-19-11-20-13/h4-5,8-9,11-12H,6-7,10H2,1-3H3,(H,18,23)(H,19,20).